The quantitative estimate of drug-likeness (QED) is 0.253. The summed E-state index contributed by atoms with van der Waals surface area (Å²) in [6, 6.07) is 0.186. The number of carbonyl (C=O) groups excluding carboxylic acids is 1. The summed E-state index contributed by atoms with van der Waals surface area (Å²) >= 11 is 6.10. The van der Waals surface area contributed by atoms with Gasteiger partial charge in [-0.25, -0.2) is 0 Å². The summed E-state index contributed by atoms with van der Waals surface area (Å²) in [5.41, 5.74) is 1.32. The van der Waals surface area contributed by atoms with Gasteiger partial charge in [-0.2, -0.15) is 0 Å². The molecule has 7 heteroatoms. The van der Waals surface area contributed by atoms with Crippen molar-refractivity contribution in [3.8, 4) is 0 Å². The van der Waals surface area contributed by atoms with E-state index in [0.717, 1.165) is 17.3 Å². The normalized spacial score (nSPS) is 17.9. The number of hydrogen-bond acceptors (Lipinski definition) is 4. The molecule has 1 aliphatic rings. The molecule has 0 spiro atoms. The van der Waals surface area contributed by atoms with Crippen LogP contribution >= 0.6 is 11.6 Å². The van der Waals surface area contributed by atoms with Crippen molar-refractivity contribution in [2.24, 2.45) is 15.0 Å². The van der Waals surface area contributed by atoms with Gasteiger partial charge in [0.15, 0.2) is 0 Å². The second-order valence-corrected chi connectivity index (χ2v) is 6.73. The first kappa shape index (κ1) is 24.3. The van der Waals surface area contributed by atoms with Crippen LogP contribution in [0, 0.1) is 0 Å². The van der Waals surface area contributed by atoms with Gasteiger partial charge in [0, 0.05) is 31.8 Å². The highest BCUT2D eigenvalue weighted by Crippen LogP contribution is 2.18. The van der Waals surface area contributed by atoms with Crippen LogP contribution in [0.1, 0.15) is 26.2 Å². The van der Waals surface area contributed by atoms with E-state index in [1.165, 1.54) is 6.08 Å². The van der Waals surface area contributed by atoms with Gasteiger partial charge in [0.25, 0.3) is 0 Å². The first-order chi connectivity index (χ1) is 13.9. The van der Waals surface area contributed by atoms with Gasteiger partial charge >= 0.3 is 0 Å². The first-order valence-electron chi connectivity index (χ1n) is 9.39. The summed E-state index contributed by atoms with van der Waals surface area (Å²) in [7, 11) is 3.77. The Morgan fingerprint density at radius 2 is 2.21 bits per heavy atom. The van der Waals surface area contributed by atoms with Crippen molar-refractivity contribution in [3.63, 3.8) is 0 Å². The largest absolute Gasteiger partial charge is 0.356 e. The van der Waals surface area contributed by atoms with Crippen LogP contribution in [0.25, 0.3) is 0 Å². The molecule has 0 heterocycles. The Kier molecular flexibility index (Phi) is 11.3. The lowest BCUT2D eigenvalue weighted by molar-refractivity contribution is -0.115. The van der Waals surface area contributed by atoms with Gasteiger partial charge in [0.1, 0.15) is 12.5 Å². The van der Waals surface area contributed by atoms with Gasteiger partial charge in [-0.1, -0.05) is 36.4 Å². The third-order valence-corrected chi connectivity index (χ3v) is 4.54. The Labute approximate surface area is 178 Å². The van der Waals surface area contributed by atoms with E-state index in [0.29, 0.717) is 24.3 Å². The third kappa shape index (κ3) is 8.87. The molecule has 1 amide bonds. The number of hydrogen-bond donors (Lipinski definition) is 1. The Hall–Kier alpha value is -2.73. The van der Waals surface area contributed by atoms with Crippen molar-refractivity contribution in [2.75, 3.05) is 20.8 Å². The average Bonchev–Trinajstić information content (AvgIpc) is 2.72. The number of amides is 1. The number of nitrogens with zero attached hydrogens (tertiary/aromatic N) is 4. The Bertz CT molecular complexity index is 774. The fourth-order valence-electron chi connectivity index (χ4n) is 2.59. The molecule has 0 bridgehead atoms. The maximum Gasteiger partial charge on any atom is 0.247 e. The van der Waals surface area contributed by atoms with Crippen molar-refractivity contribution < 1.29 is 4.79 Å². The minimum Gasteiger partial charge on any atom is -0.356 e. The topological polar surface area (TPSA) is 69.4 Å². The molecule has 29 heavy (non-hydrogen) atoms. The van der Waals surface area contributed by atoms with Crippen LogP contribution in [0.2, 0.25) is 0 Å². The lowest BCUT2D eigenvalue weighted by atomic mass is 10.1. The van der Waals surface area contributed by atoms with Gasteiger partial charge < -0.3 is 10.2 Å². The average molecular weight is 416 g/mol. The second-order valence-electron chi connectivity index (χ2n) is 6.30. The second kappa shape index (κ2) is 13.4. The van der Waals surface area contributed by atoms with Gasteiger partial charge in [0.2, 0.25) is 5.91 Å². The van der Waals surface area contributed by atoms with Gasteiger partial charge in [-0.15, -0.1) is 6.58 Å². The number of rotatable bonds is 10. The molecule has 0 aromatic rings. The summed E-state index contributed by atoms with van der Waals surface area (Å²) < 4.78 is 0. The molecule has 1 N–H and O–H groups in total. The number of nitrogens with one attached hydrogen (secondary N) is 1. The molecule has 1 atom stereocenters. The molecule has 6 nitrogen and oxygen atoms in total. The summed E-state index contributed by atoms with van der Waals surface area (Å²) in [5, 5.41) is 3.49. The van der Waals surface area contributed by atoms with Crippen LogP contribution in [0.4, 0.5) is 0 Å². The van der Waals surface area contributed by atoms with E-state index in [4.69, 9.17) is 11.6 Å². The molecule has 0 aliphatic heterocycles. The van der Waals surface area contributed by atoms with Crippen LogP contribution in [0.15, 0.2) is 75.3 Å². The molecule has 1 aliphatic carbocycles. The SMILES string of the molecule is C=CC/C=C(/NC(=O)C=C)C(C)=NCN=CCC(=NC)N(C)C1C=C(Cl)C=CC1. The van der Waals surface area contributed by atoms with Crippen LogP contribution in [-0.2, 0) is 4.79 Å². The summed E-state index contributed by atoms with van der Waals surface area (Å²) in [6.45, 7) is 9.24. The highest BCUT2D eigenvalue weighted by atomic mass is 35.5. The molecule has 0 saturated heterocycles. The zero-order chi connectivity index (χ0) is 21.6. The number of amidine groups is 1. The van der Waals surface area contributed by atoms with Crippen molar-refractivity contribution >= 4 is 35.3 Å². The minimum absolute atomic E-state index is 0.186. The van der Waals surface area contributed by atoms with E-state index in [1.807, 2.05) is 32.2 Å². The molecule has 156 valence electrons. The monoisotopic (exact) mass is 415 g/mol. The van der Waals surface area contributed by atoms with Gasteiger partial charge in [0.05, 0.1) is 17.5 Å². The van der Waals surface area contributed by atoms with Crippen LogP contribution < -0.4 is 5.32 Å². The van der Waals surface area contributed by atoms with Crippen LogP contribution in [-0.4, -0.2) is 55.4 Å². The molecule has 0 radical (unpaired) electrons. The number of likely N-dealkylation sites (N-methyl/N-ethyl adjacent to an activating group) is 1. The van der Waals surface area contributed by atoms with Gasteiger partial charge in [-0.3, -0.25) is 19.8 Å². The van der Waals surface area contributed by atoms with Crippen LogP contribution in [0.5, 0.6) is 0 Å². The Morgan fingerprint density at radius 3 is 2.83 bits per heavy atom. The predicted molar refractivity (Wildman–Crippen MR) is 125 cm³/mol. The van der Waals surface area contributed by atoms with E-state index in [2.05, 4.69) is 44.4 Å². The lowest BCUT2D eigenvalue weighted by Gasteiger charge is -2.29. The minimum atomic E-state index is -0.281. The van der Waals surface area contributed by atoms with Crippen molar-refractivity contribution in [1.29, 1.82) is 0 Å². The maximum atomic E-state index is 11.6. The molecular weight excluding hydrogens is 386 g/mol. The summed E-state index contributed by atoms with van der Waals surface area (Å²) in [6.07, 6.45) is 14.7. The van der Waals surface area contributed by atoms with Gasteiger partial charge in [-0.05, 0) is 38.0 Å². The van der Waals surface area contributed by atoms with Crippen molar-refractivity contribution in [3.05, 3.63) is 60.3 Å². The molecule has 0 aromatic carbocycles. The number of carbonyl (C=O) groups is 1. The molecule has 1 rings (SSSR count). The molecule has 1 unspecified atom stereocenters. The Morgan fingerprint density at radius 1 is 1.45 bits per heavy atom. The first-order valence-corrected chi connectivity index (χ1v) is 9.77. The Balaban J connectivity index is 2.65. The van der Waals surface area contributed by atoms with E-state index >= 15 is 0 Å². The third-order valence-electron chi connectivity index (χ3n) is 4.28. The zero-order valence-corrected chi connectivity index (χ0v) is 18.2. The van der Waals surface area contributed by atoms with E-state index in [9.17, 15) is 4.79 Å². The molecular formula is C22H30ClN5O. The summed E-state index contributed by atoms with van der Waals surface area (Å²) in [5.74, 6) is 0.636. The summed E-state index contributed by atoms with van der Waals surface area (Å²) in [4.78, 5) is 26.8. The number of allylic oxidation sites excluding steroid dienone is 5. The van der Waals surface area contributed by atoms with E-state index in [-0.39, 0.29) is 18.6 Å². The predicted octanol–water partition coefficient (Wildman–Crippen LogP) is 4.04. The molecule has 0 aromatic heterocycles. The van der Waals surface area contributed by atoms with E-state index in [1.54, 1.807) is 19.3 Å². The fraction of sp³-hybridized carbons (Fsp3) is 0.364. The standard InChI is InChI=1S/C22H30ClN5O/c1-6-8-12-20(27-22(29)7-2)17(3)26-16-25-14-13-21(24-4)28(5)19-11-9-10-18(23)15-19/h6-7,9-10,12,14-15,19H,1-2,8,11,13,16H2,3-5H3,(H,27,29)/b20-12+,24-21?,25-14?,26-17?. The van der Waals surface area contributed by atoms with Crippen molar-refractivity contribution in [1.82, 2.24) is 10.2 Å². The number of aliphatic imine (C=N–C) groups is 3. The smallest absolute Gasteiger partial charge is 0.247 e. The number of halogens is 1. The highest BCUT2D eigenvalue weighted by Gasteiger charge is 2.16. The zero-order valence-electron chi connectivity index (χ0n) is 17.4. The van der Waals surface area contributed by atoms with Crippen LogP contribution in [0.3, 0.4) is 0 Å². The lowest BCUT2D eigenvalue weighted by Crippen LogP contribution is -2.36. The van der Waals surface area contributed by atoms with Crippen molar-refractivity contribution in [2.45, 2.75) is 32.2 Å². The molecule has 0 fully saturated rings. The highest BCUT2D eigenvalue weighted by molar-refractivity contribution is 6.31. The molecule has 0 saturated carbocycles. The fourth-order valence-corrected chi connectivity index (χ4v) is 2.83. The maximum absolute atomic E-state index is 11.6. The van der Waals surface area contributed by atoms with E-state index < -0.39 is 0 Å².